The van der Waals surface area contributed by atoms with E-state index in [1.54, 1.807) is 6.21 Å². The van der Waals surface area contributed by atoms with Gasteiger partial charge in [-0.25, -0.2) is 5.43 Å². The summed E-state index contributed by atoms with van der Waals surface area (Å²) in [5.41, 5.74) is 11.9. The molecule has 0 bridgehead atoms. The minimum absolute atomic E-state index is 0.248. The topological polar surface area (TPSA) is 51.3 Å². The maximum atomic E-state index is 12.8. The molecule has 5 rings (SSSR count). The molecule has 0 saturated heterocycles. The van der Waals surface area contributed by atoms with Gasteiger partial charge in [0, 0.05) is 43.2 Å². The molecular weight excluding hydrogens is 571 g/mol. The van der Waals surface area contributed by atoms with Gasteiger partial charge >= 0.3 is 0 Å². The first kappa shape index (κ1) is 24.8. The van der Waals surface area contributed by atoms with E-state index in [0.29, 0.717) is 5.56 Å². The van der Waals surface area contributed by atoms with E-state index in [4.69, 9.17) is 0 Å². The van der Waals surface area contributed by atoms with Gasteiger partial charge in [0.25, 0.3) is 5.91 Å². The van der Waals surface area contributed by atoms with Crippen LogP contribution in [-0.2, 0) is 0 Å². The number of rotatable bonds is 6. The molecule has 0 unspecified atom stereocenters. The molecule has 0 spiro atoms. The molecule has 0 aliphatic heterocycles. The summed E-state index contributed by atoms with van der Waals surface area (Å²) < 4.78 is 5.57. The molecule has 0 radical (unpaired) electrons. The molecule has 0 fully saturated rings. The van der Waals surface area contributed by atoms with Gasteiger partial charge in [-0.05, 0) is 116 Å². The minimum atomic E-state index is -0.248. The van der Waals surface area contributed by atoms with Gasteiger partial charge in [-0.2, -0.15) is 5.10 Å². The number of hydrazone groups is 1. The number of aryl methyl sites for hydroxylation is 2. The van der Waals surface area contributed by atoms with Crippen molar-refractivity contribution in [3.05, 3.63) is 129 Å². The summed E-state index contributed by atoms with van der Waals surface area (Å²) in [4.78, 5) is 12.8. The molecule has 2 aromatic heterocycles. The Hall–Kier alpha value is -3.91. The van der Waals surface area contributed by atoms with E-state index in [2.05, 4.69) is 118 Å². The summed E-state index contributed by atoms with van der Waals surface area (Å²) in [5.74, 6) is -0.248. The van der Waals surface area contributed by atoms with Gasteiger partial charge in [-0.15, -0.1) is 0 Å². The number of nitrogens with one attached hydrogen (secondary N) is 1. The van der Waals surface area contributed by atoms with Gasteiger partial charge in [0.05, 0.1) is 11.9 Å². The van der Waals surface area contributed by atoms with E-state index in [1.807, 2.05) is 42.5 Å². The fourth-order valence-corrected chi connectivity index (χ4v) is 4.97. The van der Waals surface area contributed by atoms with Crippen LogP contribution in [0.4, 0.5) is 0 Å². The Balaban J connectivity index is 1.31. The zero-order chi connectivity index (χ0) is 25.9. The predicted molar refractivity (Wildman–Crippen MR) is 159 cm³/mol. The maximum absolute atomic E-state index is 12.8. The Labute approximate surface area is 230 Å². The van der Waals surface area contributed by atoms with Crippen molar-refractivity contribution in [1.82, 2.24) is 14.6 Å². The van der Waals surface area contributed by atoms with Crippen LogP contribution in [0.3, 0.4) is 0 Å². The fraction of sp³-hybridized carbons (Fsp3) is 0.0968. The maximum Gasteiger partial charge on any atom is 0.271 e. The SMILES string of the molecule is Cc1ccc(-c2ccccc2)n1-c1ccc(C(=O)N/N=C\c2cc(C)n(-c3ccc(I)cc3)c2C)cc1. The number of benzene rings is 3. The molecule has 0 atom stereocenters. The Bertz CT molecular complexity index is 1580. The van der Waals surface area contributed by atoms with Crippen LogP contribution in [0.5, 0.6) is 0 Å². The molecule has 184 valence electrons. The van der Waals surface area contributed by atoms with Crippen LogP contribution in [-0.4, -0.2) is 21.3 Å². The molecule has 3 aromatic carbocycles. The van der Waals surface area contributed by atoms with Crippen molar-refractivity contribution < 1.29 is 4.79 Å². The first-order chi connectivity index (χ1) is 17.9. The van der Waals surface area contributed by atoms with Gasteiger partial charge in [-0.1, -0.05) is 30.3 Å². The van der Waals surface area contributed by atoms with Crippen molar-refractivity contribution in [3.63, 3.8) is 0 Å². The van der Waals surface area contributed by atoms with E-state index >= 15 is 0 Å². The number of carbonyl (C=O) groups is 1. The molecule has 5 nitrogen and oxygen atoms in total. The Morgan fingerprint density at radius 3 is 2.14 bits per heavy atom. The predicted octanol–water partition coefficient (Wildman–Crippen LogP) is 7.23. The minimum Gasteiger partial charge on any atom is -0.318 e. The highest BCUT2D eigenvalue weighted by Gasteiger charge is 2.12. The lowest BCUT2D eigenvalue weighted by Gasteiger charge is -2.12. The fourth-order valence-electron chi connectivity index (χ4n) is 4.61. The van der Waals surface area contributed by atoms with Crippen molar-refractivity contribution in [2.24, 2.45) is 5.10 Å². The summed E-state index contributed by atoms with van der Waals surface area (Å²) in [7, 11) is 0. The third kappa shape index (κ3) is 5.15. The Morgan fingerprint density at radius 2 is 1.43 bits per heavy atom. The first-order valence-electron chi connectivity index (χ1n) is 12.0. The van der Waals surface area contributed by atoms with E-state index in [9.17, 15) is 4.79 Å². The van der Waals surface area contributed by atoms with Crippen LogP contribution in [0.15, 0.2) is 102 Å². The molecule has 1 N–H and O–H groups in total. The molecule has 1 amide bonds. The van der Waals surface area contributed by atoms with E-state index in [1.165, 1.54) is 3.57 Å². The van der Waals surface area contributed by atoms with Crippen LogP contribution >= 0.6 is 22.6 Å². The smallest absolute Gasteiger partial charge is 0.271 e. The van der Waals surface area contributed by atoms with Crippen LogP contribution in [0.2, 0.25) is 0 Å². The molecule has 6 heteroatoms. The van der Waals surface area contributed by atoms with E-state index in [0.717, 1.165) is 45.3 Å². The number of nitrogens with zero attached hydrogens (tertiary/aromatic N) is 3. The second kappa shape index (κ2) is 10.6. The number of carbonyl (C=O) groups excluding carboxylic acids is 1. The Morgan fingerprint density at radius 1 is 0.784 bits per heavy atom. The van der Waals surface area contributed by atoms with Crippen molar-refractivity contribution >= 4 is 34.7 Å². The van der Waals surface area contributed by atoms with Crippen LogP contribution in [0, 0.1) is 24.3 Å². The van der Waals surface area contributed by atoms with Crippen LogP contribution in [0.25, 0.3) is 22.6 Å². The highest BCUT2D eigenvalue weighted by Crippen LogP contribution is 2.26. The van der Waals surface area contributed by atoms with Crippen molar-refractivity contribution in [2.45, 2.75) is 20.8 Å². The molecule has 2 heterocycles. The van der Waals surface area contributed by atoms with Gasteiger partial charge in [0.1, 0.15) is 0 Å². The largest absolute Gasteiger partial charge is 0.318 e. The lowest BCUT2D eigenvalue weighted by molar-refractivity contribution is 0.0955. The molecule has 0 aliphatic carbocycles. The standard InChI is InChI=1S/C31H27IN4O/c1-21-9-18-30(24-7-5-4-6-8-24)36(21)29-14-10-25(11-15-29)31(37)34-33-20-26-19-22(2)35(23(26)3)28-16-12-27(32)13-17-28/h4-20H,1-3H3,(H,34,37)/b33-20-. The second-order valence-corrected chi connectivity index (χ2v) is 10.2. The first-order valence-corrected chi connectivity index (χ1v) is 13.1. The average molecular weight is 598 g/mol. The number of hydrogen-bond donors (Lipinski definition) is 1. The quantitative estimate of drug-likeness (QED) is 0.125. The third-order valence-electron chi connectivity index (χ3n) is 6.46. The zero-order valence-corrected chi connectivity index (χ0v) is 23.1. The lowest BCUT2D eigenvalue weighted by Crippen LogP contribution is -2.17. The molecule has 0 saturated carbocycles. The molecule has 0 aliphatic rings. The van der Waals surface area contributed by atoms with Crippen molar-refractivity contribution in [3.8, 4) is 22.6 Å². The summed E-state index contributed by atoms with van der Waals surface area (Å²) in [6.45, 7) is 6.20. The number of halogens is 1. The van der Waals surface area contributed by atoms with Crippen LogP contribution in [0.1, 0.15) is 33.0 Å². The summed E-state index contributed by atoms with van der Waals surface area (Å²) in [6, 6.07) is 32.6. The normalized spacial score (nSPS) is 11.2. The van der Waals surface area contributed by atoms with E-state index < -0.39 is 0 Å². The number of aromatic nitrogens is 2. The Kier molecular flexibility index (Phi) is 7.10. The highest BCUT2D eigenvalue weighted by molar-refractivity contribution is 14.1. The zero-order valence-electron chi connectivity index (χ0n) is 20.9. The third-order valence-corrected chi connectivity index (χ3v) is 7.18. The number of amides is 1. The lowest BCUT2D eigenvalue weighted by atomic mass is 10.1. The second-order valence-electron chi connectivity index (χ2n) is 8.95. The van der Waals surface area contributed by atoms with E-state index in [-0.39, 0.29) is 5.91 Å². The average Bonchev–Trinajstić information content (AvgIpc) is 3.43. The molecule has 5 aromatic rings. The van der Waals surface area contributed by atoms with Crippen LogP contribution < -0.4 is 5.43 Å². The van der Waals surface area contributed by atoms with Gasteiger partial charge in [-0.3, -0.25) is 4.79 Å². The van der Waals surface area contributed by atoms with Gasteiger partial charge in [0.2, 0.25) is 0 Å². The monoisotopic (exact) mass is 598 g/mol. The number of hydrogen-bond acceptors (Lipinski definition) is 2. The molecular formula is C31H27IN4O. The van der Waals surface area contributed by atoms with Gasteiger partial charge in [0.15, 0.2) is 0 Å². The summed E-state index contributed by atoms with van der Waals surface area (Å²) in [6.07, 6.45) is 1.70. The summed E-state index contributed by atoms with van der Waals surface area (Å²) >= 11 is 2.31. The highest BCUT2D eigenvalue weighted by atomic mass is 127. The van der Waals surface area contributed by atoms with Crippen molar-refractivity contribution in [1.29, 1.82) is 0 Å². The van der Waals surface area contributed by atoms with Crippen molar-refractivity contribution in [2.75, 3.05) is 0 Å². The van der Waals surface area contributed by atoms with Gasteiger partial charge < -0.3 is 9.13 Å². The summed E-state index contributed by atoms with van der Waals surface area (Å²) in [5, 5.41) is 4.24. The molecule has 37 heavy (non-hydrogen) atoms.